The highest BCUT2D eigenvalue weighted by molar-refractivity contribution is 9.10. The molecule has 0 spiro atoms. The van der Waals surface area contributed by atoms with Crippen molar-refractivity contribution in [3.05, 3.63) is 57.3 Å². The third-order valence-electron chi connectivity index (χ3n) is 3.73. The van der Waals surface area contributed by atoms with Gasteiger partial charge < -0.3 is 5.32 Å². The number of aromatic nitrogens is 2. The number of fused-ring (bicyclic) bond motifs is 1. The van der Waals surface area contributed by atoms with Gasteiger partial charge in [0.15, 0.2) is 5.82 Å². The van der Waals surface area contributed by atoms with Crippen molar-refractivity contribution < 1.29 is 0 Å². The van der Waals surface area contributed by atoms with E-state index in [1.807, 2.05) is 30.5 Å². The van der Waals surface area contributed by atoms with E-state index in [1.165, 1.54) is 6.92 Å². The first kappa shape index (κ1) is 17.8. The van der Waals surface area contributed by atoms with Gasteiger partial charge in [0, 0.05) is 28.9 Å². The largest absolute Gasteiger partial charge is 0.341 e. The summed E-state index contributed by atoms with van der Waals surface area (Å²) in [4.78, 5) is 0. The smallest absolute Gasteiger partial charge is 0.156 e. The third kappa shape index (κ3) is 3.34. The van der Waals surface area contributed by atoms with E-state index in [0.29, 0.717) is 0 Å². The van der Waals surface area contributed by atoms with Gasteiger partial charge in [-0.25, -0.2) is 0 Å². The molecule has 1 aromatic carbocycles. The molecule has 3 rings (SSSR count). The van der Waals surface area contributed by atoms with Gasteiger partial charge >= 0.3 is 0 Å². The molecule has 0 aliphatic carbocycles. The lowest BCUT2D eigenvalue weighted by Crippen LogP contribution is -2.21. The molecule has 2 aromatic rings. The van der Waals surface area contributed by atoms with Crippen LogP contribution in [-0.4, -0.2) is 10.2 Å². The number of H-pyrrole nitrogens is 1. The third-order valence-corrected chi connectivity index (χ3v) is 4.45. The van der Waals surface area contributed by atoms with Gasteiger partial charge in [-0.05, 0) is 17.5 Å². The normalized spacial score (nSPS) is 15.5. The maximum absolute atomic E-state index is 9.70. The standard InChI is InChI=1S/C16H15BrN4.C2H3N/c1-9(2)15-11(7-18)14(10-5-3-4-6-13(10)17)12-8-19-21-16(12)20-15;1-2-3/h3-6,8-9,14H,1-2H3,(H2,19,20,21);1H3. The Morgan fingerprint density at radius 1 is 1.21 bits per heavy atom. The molecular weight excluding hydrogens is 366 g/mol. The molecule has 2 N–H and O–H groups in total. The average Bonchev–Trinajstić information content (AvgIpc) is 3.02. The van der Waals surface area contributed by atoms with Crippen molar-refractivity contribution in [1.82, 2.24) is 10.2 Å². The fourth-order valence-corrected chi connectivity index (χ4v) is 3.25. The average molecular weight is 384 g/mol. The Morgan fingerprint density at radius 2 is 1.88 bits per heavy atom. The molecule has 0 bridgehead atoms. The number of benzene rings is 1. The fourth-order valence-electron chi connectivity index (χ4n) is 2.74. The van der Waals surface area contributed by atoms with Crippen LogP contribution < -0.4 is 5.32 Å². The van der Waals surface area contributed by atoms with E-state index in [1.54, 1.807) is 6.07 Å². The van der Waals surface area contributed by atoms with Gasteiger partial charge in [-0.1, -0.05) is 48.0 Å². The van der Waals surface area contributed by atoms with E-state index >= 15 is 0 Å². The molecule has 0 saturated heterocycles. The quantitative estimate of drug-likeness (QED) is 0.786. The second-order valence-corrected chi connectivity index (χ2v) is 6.44. The topological polar surface area (TPSA) is 88.3 Å². The monoisotopic (exact) mass is 383 g/mol. The van der Waals surface area contributed by atoms with Crippen molar-refractivity contribution >= 4 is 21.7 Å². The Morgan fingerprint density at radius 3 is 2.46 bits per heavy atom. The molecule has 1 unspecified atom stereocenters. The Hall–Kier alpha value is -2.57. The summed E-state index contributed by atoms with van der Waals surface area (Å²) in [5.41, 5.74) is 3.78. The molecule has 1 atom stereocenters. The molecule has 6 heteroatoms. The number of halogens is 1. The van der Waals surface area contributed by atoms with Crippen LogP contribution in [0.3, 0.4) is 0 Å². The highest BCUT2D eigenvalue weighted by atomic mass is 79.9. The van der Waals surface area contributed by atoms with Crippen molar-refractivity contribution in [2.75, 3.05) is 5.32 Å². The number of hydrogen-bond acceptors (Lipinski definition) is 4. The first-order valence-electron chi connectivity index (χ1n) is 7.55. The number of anilines is 1. The number of aromatic amines is 1. The molecule has 1 aliphatic heterocycles. The van der Waals surface area contributed by atoms with Crippen LogP contribution in [0.1, 0.15) is 37.8 Å². The summed E-state index contributed by atoms with van der Waals surface area (Å²) in [6.45, 7) is 5.59. The van der Waals surface area contributed by atoms with E-state index in [-0.39, 0.29) is 11.8 Å². The van der Waals surface area contributed by atoms with Crippen LogP contribution in [0.2, 0.25) is 0 Å². The van der Waals surface area contributed by atoms with E-state index in [2.05, 4.69) is 51.4 Å². The summed E-state index contributed by atoms with van der Waals surface area (Å²) < 4.78 is 1.000. The number of nitriles is 2. The Labute approximate surface area is 150 Å². The zero-order valence-corrected chi connectivity index (χ0v) is 15.3. The summed E-state index contributed by atoms with van der Waals surface area (Å²) in [6, 6.07) is 12.2. The van der Waals surface area contributed by atoms with Crippen LogP contribution in [0.15, 0.2) is 46.2 Å². The number of nitrogens with one attached hydrogen (secondary N) is 2. The van der Waals surface area contributed by atoms with Gasteiger partial charge in [-0.3, -0.25) is 5.10 Å². The van der Waals surface area contributed by atoms with E-state index < -0.39 is 0 Å². The van der Waals surface area contributed by atoms with E-state index in [4.69, 9.17) is 5.26 Å². The molecule has 1 aromatic heterocycles. The van der Waals surface area contributed by atoms with Gasteiger partial charge in [-0.2, -0.15) is 15.6 Å². The first-order valence-corrected chi connectivity index (χ1v) is 8.34. The lowest BCUT2D eigenvalue weighted by Gasteiger charge is -2.28. The highest BCUT2D eigenvalue weighted by Gasteiger charge is 2.32. The molecule has 122 valence electrons. The maximum atomic E-state index is 9.70. The van der Waals surface area contributed by atoms with E-state index in [0.717, 1.165) is 32.7 Å². The fraction of sp³-hybridized carbons (Fsp3) is 0.278. The van der Waals surface area contributed by atoms with Crippen molar-refractivity contribution in [2.45, 2.75) is 26.7 Å². The SMILES string of the molecule is CC#N.CC(C)C1=C(C#N)C(c2ccccc2Br)c2c[nH]nc2N1. The van der Waals surface area contributed by atoms with Crippen LogP contribution >= 0.6 is 15.9 Å². The Kier molecular flexibility index (Phi) is 5.78. The minimum absolute atomic E-state index is 0.0991. The molecule has 1 aliphatic rings. The second-order valence-electron chi connectivity index (χ2n) is 5.59. The molecule has 2 heterocycles. The lowest BCUT2D eigenvalue weighted by atomic mass is 9.81. The molecule has 0 amide bonds. The van der Waals surface area contributed by atoms with Gasteiger partial charge in [0.1, 0.15) is 0 Å². The predicted molar refractivity (Wildman–Crippen MR) is 97.0 cm³/mol. The Balaban J connectivity index is 0.000000647. The van der Waals surface area contributed by atoms with Gasteiger partial charge in [0.05, 0.1) is 23.6 Å². The van der Waals surface area contributed by atoms with Crippen molar-refractivity contribution in [3.63, 3.8) is 0 Å². The van der Waals surface area contributed by atoms with Crippen molar-refractivity contribution in [2.24, 2.45) is 5.92 Å². The van der Waals surface area contributed by atoms with E-state index in [9.17, 15) is 5.26 Å². The summed E-state index contributed by atoms with van der Waals surface area (Å²) >= 11 is 3.60. The minimum atomic E-state index is -0.0991. The summed E-state index contributed by atoms with van der Waals surface area (Å²) in [5, 5.41) is 27.5. The second kappa shape index (κ2) is 7.81. The number of allylic oxidation sites excluding steroid dienone is 2. The maximum Gasteiger partial charge on any atom is 0.156 e. The molecular formula is C18H18BrN5. The van der Waals surface area contributed by atoms with Crippen LogP contribution in [0.4, 0.5) is 5.82 Å². The van der Waals surface area contributed by atoms with Gasteiger partial charge in [0.25, 0.3) is 0 Å². The lowest BCUT2D eigenvalue weighted by molar-refractivity contribution is 0.740. The van der Waals surface area contributed by atoms with Gasteiger partial charge in [0.2, 0.25) is 0 Å². The molecule has 0 radical (unpaired) electrons. The number of nitrogens with zero attached hydrogens (tertiary/aromatic N) is 3. The molecule has 24 heavy (non-hydrogen) atoms. The molecule has 0 saturated carbocycles. The summed E-state index contributed by atoms with van der Waals surface area (Å²) in [6.07, 6.45) is 1.86. The summed E-state index contributed by atoms with van der Waals surface area (Å²) in [7, 11) is 0. The summed E-state index contributed by atoms with van der Waals surface area (Å²) in [5.74, 6) is 0.936. The molecule has 0 fully saturated rings. The van der Waals surface area contributed by atoms with Crippen LogP contribution in [0.25, 0.3) is 0 Å². The van der Waals surface area contributed by atoms with Crippen molar-refractivity contribution in [3.8, 4) is 12.1 Å². The van der Waals surface area contributed by atoms with Crippen LogP contribution in [0, 0.1) is 28.6 Å². The zero-order chi connectivity index (χ0) is 17.7. The molecule has 5 nitrogen and oxygen atoms in total. The van der Waals surface area contributed by atoms with Gasteiger partial charge in [-0.15, -0.1) is 0 Å². The number of hydrogen-bond donors (Lipinski definition) is 2. The Bertz CT molecular complexity index is 836. The number of rotatable bonds is 2. The van der Waals surface area contributed by atoms with Crippen LogP contribution in [-0.2, 0) is 0 Å². The predicted octanol–water partition coefficient (Wildman–Crippen LogP) is 4.69. The van der Waals surface area contributed by atoms with Crippen LogP contribution in [0.5, 0.6) is 0 Å². The first-order chi connectivity index (χ1) is 11.5. The highest BCUT2D eigenvalue weighted by Crippen LogP contribution is 2.43. The zero-order valence-electron chi connectivity index (χ0n) is 13.8. The van der Waals surface area contributed by atoms with Crippen molar-refractivity contribution in [1.29, 1.82) is 10.5 Å². The minimum Gasteiger partial charge on any atom is -0.341 e.